The second-order valence-corrected chi connectivity index (χ2v) is 7.25. The van der Waals surface area contributed by atoms with Crippen molar-refractivity contribution in [3.63, 3.8) is 0 Å². The SMILES string of the molecule is CCOC(=O)C1=NN(C(=O)c2cccc(Cl)c2)[C@@](O)(c2ccc(Br)cc2)C1. The van der Waals surface area contributed by atoms with E-state index >= 15 is 0 Å². The highest BCUT2D eigenvalue weighted by molar-refractivity contribution is 9.10. The standard InChI is InChI=1S/C19H16BrClN2O4/c1-2-27-18(25)16-11-19(26,13-6-8-14(20)9-7-13)23(22-16)17(24)12-4-3-5-15(21)10-12/h3-10,26H,2,11H2,1H3/t19-/m0/s1. The molecule has 0 aliphatic carbocycles. The van der Waals surface area contributed by atoms with Gasteiger partial charge in [0.2, 0.25) is 0 Å². The number of amides is 1. The molecule has 0 spiro atoms. The Labute approximate surface area is 169 Å². The van der Waals surface area contributed by atoms with Crippen LogP contribution in [0.5, 0.6) is 0 Å². The van der Waals surface area contributed by atoms with Gasteiger partial charge in [0.15, 0.2) is 11.4 Å². The van der Waals surface area contributed by atoms with Gasteiger partial charge in [-0.1, -0.05) is 45.7 Å². The van der Waals surface area contributed by atoms with Crippen LogP contribution in [0.3, 0.4) is 0 Å². The van der Waals surface area contributed by atoms with Gasteiger partial charge >= 0.3 is 5.97 Å². The number of hydrazone groups is 1. The number of carbonyl (C=O) groups excluding carboxylic acids is 2. The summed E-state index contributed by atoms with van der Waals surface area (Å²) in [6.07, 6.45) is -0.181. The molecule has 2 aromatic rings. The number of benzene rings is 2. The van der Waals surface area contributed by atoms with Gasteiger partial charge in [0.05, 0.1) is 13.0 Å². The van der Waals surface area contributed by atoms with Gasteiger partial charge in [0.1, 0.15) is 0 Å². The maximum atomic E-state index is 13.0. The first-order valence-electron chi connectivity index (χ1n) is 8.18. The monoisotopic (exact) mass is 450 g/mol. The molecule has 1 atom stereocenters. The molecule has 1 heterocycles. The lowest BCUT2D eigenvalue weighted by molar-refractivity contribution is -0.135. The lowest BCUT2D eigenvalue weighted by atomic mass is 9.97. The van der Waals surface area contributed by atoms with E-state index in [0.29, 0.717) is 10.6 Å². The molecule has 1 N–H and O–H groups in total. The lowest BCUT2D eigenvalue weighted by Gasteiger charge is -2.31. The minimum atomic E-state index is -1.82. The van der Waals surface area contributed by atoms with E-state index in [1.54, 1.807) is 49.4 Å². The average molecular weight is 452 g/mol. The molecular weight excluding hydrogens is 436 g/mol. The van der Waals surface area contributed by atoms with Crippen molar-refractivity contribution in [1.29, 1.82) is 0 Å². The number of carbonyl (C=O) groups is 2. The zero-order chi connectivity index (χ0) is 19.6. The van der Waals surface area contributed by atoms with Gasteiger partial charge in [-0.3, -0.25) is 4.79 Å². The van der Waals surface area contributed by atoms with Crippen LogP contribution in [0.2, 0.25) is 5.02 Å². The predicted molar refractivity (Wildman–Crippen MR) is 104 cm³/mol. The Bertz CT molecular complexity index is 916. The van der Waals surface area contributed by atoms with Crippen LogP contribution in [0.1, 0.15) is 29.3 Å². The van der Waals surface area contributed by atoms with E-state index in [2.05, 4.69) is 21.0 Å². The Balaban J connectivity index is 2.04. The molecule has 0 saturated heterocycles. The maximum Gasteiger partial charge on any atom is 0.354 e. The Morgan fingerprint density at radius 1 is 1.30 bits per heavy atom. The summed E-state index contributed by atoms with van der Waals surface area (Å²) in [7, 11) is 0. The Morgan fingerprint density at radius 3 is 2.63 bits per heavy atom. The number of aliphatic hydroxyl groups is 1. The fraction of sp³-hybridized carbons (Fsp3) is 0.211. The van der Waals surface area contributed by atoms with E-state index in [9.17, 15) is 14.7 Å². The summed E-state index contributed by atoms with van der Waals surface area (Å²) in [4.78, 5) is 25.2. The van der Waals surface area contributed by atoms with Gasteiger partial charge < -0.3 is 9.84 Å². The summed E-state index contributed by atoms with van der Waals surface area (Å²) in [6, 6.07) is 13.1. The van der Waals surface area contributed by atoms with Crippen LogP contribution in [-0.2, 0) is 15.3 Å². The Kier molecular flexibility index (Phi) is 5.64. The van der Waals surface area contributed by atoms with Crippen molar-refractivity contribution in [3.05, 3.63) is 69.2 Å². The van der Waals surface area contributed by atoms with Gasteiger partial charge in [-0.25, -0.2) is 4.79 Å². The number of hydrogen-bond acceptors (Lipinski definition) is 5. The summed E-state index contributed by atoms with van der Waals surface area (Å²) in [5.41, 5.74) is -1.18. The fourth-order valence-corrected chi connectivity index (χ4v) is 3.23. The molecule has 2 aromatic carbocycles. The van der Waals surface area contributed by atoms with Crippen molar-refractivity contribution < 1.29 is 19.4 Å². The molecule has 0 saturated carbocycles. The predicted octanol–water partition coefficient (Wildman–Crippen LogP) is 3.71. The van der Waals surface area contributed by atoms with Crippen molar-refractivity contribution in [1.82, 2.24) is 5.01 Å². The number of ether oxygens (including phenoxy) is 1. The van der Waals surface area contributed by atoms with E-state index in [4.69, 9.17) is 16.3 Å². The quantitative estimate of drug-likeness (QED) is 0.719. The molecule has 0 radical (unpaired) electrons. The van der Waals surface area contributed by atoms with Crippen LogP contribution < -0.4 is 0 Å². The second kappa shape index (κ2) is 7.80. The van der Waals surface area contributed by atoms with Gasteiger partial charge in [-0.15, -0.1) is 0 Å². The Morgan fingerprint density at radius 2 is 2.00 bits per heavy atom. The first kappa shape index (κ1) is 19.5. The zero-order valence-corrected chi connectivity index (χ0v) is 16.7. The van der Waals surface area contributed by atoms with Crippen molar-refractivity contribution in [2.75, 3.05) is 6.61 Å². The largest absolute Gasteiger partial charge is 0.461 e. The third-order valence-corrected chi connectivity index (χ3v) is 4.83. The fourth-order valence-electron chi connectivity index (χ4n) is 2.77. The summed E-state index contributed by atoms with van der Waals surface area (Å²) >= 11 is 9.31. The zero-order valence-electron chi connectivity index (χ0n) is 14.4. The van der Waals surface area contributed by atoms with Crippen molar-refractivity contribution in [2.24, 2.45) is 5.10 Å². The van der Waals surface area contributed by atoms with Crippen LogP contribution in [0, 0.1) is 0 Å². The van der Waals surface area contributed by atoms with E-state index in [0.717, 1.165) is 9.48 Å². The normalized spacial score (nSPS) is 19.0. The molecule has 1 amide bonds. The molecule has 140 valence electrons. The molecule has 0 bridgehead atoms. The minimum Gasteiger partial charge on any atom is -0.461 e. The highest BCUT2D eigenvalue weighted by Gasteiger charge is 2.48. The van der Waals surface area contributed by atoms with Crippen molar-refractivity contribution in [3.8, 4) is 0 Å². The van der Waals surface area contributed by atoms with Crippen molar-refractivity contribution >= 4 is 45.1 Å². The number of halogens is 2. The second-order valence-electron chi connectivity index (χ2n) is 5.89. The molecule has 27 heavy (non-hydrogen) atoms. The van der Waals surface area contributed by atoms with Gasteiger partial charge in [-0.2, -0.15) is 10.1 Å². The summed E-state index contributed by atoms with van der Waals surface area (Å²) < 4.78 is 5.79. The van der Waals surface area contributed by atoms with Crippen LogP contribution in [0.15, 0.2) is 58.1 Å². The highest BCUT2D eigenvalue weighted by atomic mass is 79.9. The first-order chi connectivity index (χ1) is 12.8. The molecule has 0 fully saturated rings. The lowest BCUT2D eigenvalue weighted by Crippen LogP contribution is -2.43. The molecule has 0 unspecified atom stereocenters. The first-order valence-corrected chi connectivity index (χ1v) is 9.35. The molecule has 1 aliphatic heterocycles. The van der Waals surface area contributed by atoms with E-state index in [1.807, 2.05) is 0 Å². The van der Waals surface area contributed by atoms with Crippen LogP contribution in [-0.4, -0.2) is 34.3 Å². The number of nitrogens with zero attached hydrogens (tertiary/aromatic N) is 2. The number of hydrogen-bond donors (Lipinski definition) is 1. The van der Waals surface area contributed by atoms with E-state index in [1.165, 1.54) is 6.07 Å². The number of rotatable bonds is 4. The van der Waals surface area contributed by atoms with Crippen molar-refractivity contribution in [2.45, 2.75) is 19.1 Å². The summed E-state index contributed by atoms with van der Waals surface area (Å²) in [6.45, 7) is 1.83. The molecule has 8 heteroatoms. The van der Waals surface area contributed by atoms with Crippen LogP contribution >= 0.6 is 27.5 Å². The van der Waals surface area contributed by atoms with Crippen LogP contribution in [0.25, 0.3) is 0 Å². The third-order valence-electron chi connectivity index (χ3n) is 4.07. The summed E-state index contributed by atoms with van der Waals surface area (Å²) in [5, 5.41) is 16.7. The van der Waals surface area contributed by atoms with Crippen LogP contribution in [0.4, 0.5) is 0 Å². The molecule has 3 rings (SSSR count). The highest BCUT2D eigenvalue weighted by Crippen LogP contribution is 2.37. The van der Waals surface area contributed by atoms with Gasteiger partial charge in [0, 0.05) is 20.6 Å². The van der Waals surface area contributed by atoms with Gasteiger partial charge in [0.25, 0.3) is 5.91 Å². The smallest absolute Gasteiger partial charge is 0.354 e. The average Bonchev–Trinajstić information content (AvgIpc) is 3.00. The minimum absolute atomic E-state index is 0.0300. The van der Waals surface area contributed by atoms with E-state index in [-0.39, 0.29) is 24.3 Å². The van der Waals surface area contributed by atoms with Gasteiger partial charge in [-0.05, 0) is 37.3 Å². The molecule has 0 aromatic heterocycles. The summed E-state index contributed by atoms with van der Waals surface area (Å²) in [5.74, 6) is -1.25. The number of esters is 1. The third kappa shape index (κ3) is 3.90. The maximum absolute atomic E-state index is 13.0. The van der Waals surface area contributed by atoms with E-state index < -0.39 is 17.6 Å². The molecular formula is C19H16BrClN2O4. The Hall–Kier alpha value is -2.22. The molecule has 6 nitrogen and oxygen atoms in total. The molecule has 1 aliphatic rings. The topological polar surface area (TPSA) is 79.2 Å².